The fraction of sp³-hybridized carbons (Fsp3) is 0.900. The first-order valence-electron chi connectivity index (χ1n) is 5.07. The van der Waals surface area contributed by atoms with Crippen LogP contribution >= 0.6 is 0 Å². The minimum absolute atomic E-state index is 0.107. The van der Waals surface area contributed by atoms with Gasteiger partial charge in [-0.3, -0.25) is 4.79 Å². The van der Waals surface area contributed by atoms with Crippen LogP contribution in [-0.2, 0) is 9.53 Å². The first kappa shape index (κ1) is 12.4. The van der Waals surface area contributed by atoms with Gasteiger partial charge in [0.1, 0.15) is 6.04 Å². The maximum Gasteiger partial charge on any atom is 0.322 e. The van der Waals surface area contributed by atoms with Crippen molar-refractivity contribution < 1.29 is 9.53 Å². The molecular formula is C10H21NO2. The van der Waals surface area contributed by atoms with Gasteiger partial charge in [-0.25, -0.2) is 0 Å². The van der Waals surface area contributed by atoms with Gasteiger partial charge in [0.15, 0.2) is 0 Å². The van der Waals surface area contributed by atoms with Gasteiger partial charge in [-0.2, -0.15) is 0 Å². The smallest absolute Gasteiger partial charge is 0.322 e. The van der Waals surface area contributed by atoms with Crippen LogP contribution in [0.1, 0.15) is 39.5 Å². The van der Waals surface area contributed by atoms with Crippen LogP contribution in [0, 0.1) is 0 Å². The molecule has 0 heterocycles. The van der Waals surface area contributed by atoms with E-state index in [1.165, 1.54) is 7.11 Å². The van der Waals surface area contributed by atoms with Crippen molar-refractivity contribution in [3.8, 4) is 0 Å². The zero-order valence-corrected chi connectivity index (χ0v) is 8.93. The van der Waals surface area contributed by atoms with Gasteiger partial charge < -0.3 is 10.1 Å². The number of carbonyl (C=O) groups excluding carboxylic acids is 1. The molecule has 0 aromatic carbocycles. The molecule has 1 N–H and O–H groups in total. The highest BCUT2D eigenvalue weighted by molar-refractivity contribution is 5.75. The summed E-state index contributed by atoms with van der Waals surface area (Å²) in [4.78, 5) is 11.2. The average molecular weight is 187 g/mol. The van der Waals surface area contributed by atoms with Crippen molar-refractivity contribution in [2.75, 3.05) is 13.7 Å². The van der Waals surface area contributed by atoms with Gasteiger partial charge in [-0.1, -0.05) is 26.7 Å². The Kier molecular flexibility index (Phi) is 7.69. The molecular weight excluding hydrogens is 166 g/mol. The topological polar surface area (TPSA) is 38.3 Å². The number of nitrogens with one attached hydrogen (secondary N) is 1. The summed E-state index contributed by atoms with van der Waals surface area (Å²) in [6.45, 7) is 5.08. The Labute approximate surface area is 80.8 Å². The summed E-state index contributed by atoms with van der Waals surface area (Å²) >= 11 is 0. The number of carbonyl (C=O) groups is 1. The molecule has 78 valence electrons. The number of hydrogen-bond acceptors (Lipinski definition) is 3. The molecule has 0 radical (unpaired) electrons. The lowest BCUT2D eigenvalue weighted by atomic mass is 10.1. The van der Waals surface area contributed by atoms with Crippen LogP contribution in [0.25, 0.3) is 0 Å². The molecule has 13 heavy (non-hydrogen) atoms. The standard InChI is InChI=1S/C10H21NO2/c1-4-6-7-9(10(12)13-3)11-8-5-2/h9,11H,4-8H2,1-3H3. The van der Waals surface area contributed by atoms with Gasteiger partial charge in [0.25, 0.3) is 0 Å². The monoisotopic (exact) mass is 187 g/mol. The van der Waals surface area contributed by atoms with Crippen LogP contribution in [0.15, 0.2) is 0 Å². The Morgan fingerprint density at radius 3 is 2.54 bits per heavy atom. The molecule has 0 aliphatic rings. The fourth-order valence-electron chi connectivity index (χ4n) is 1.17. The average Bonchev–Trinajstić information content (AvgIpc) is 2.17. The first-order valence-corrected chi connectivity index (χ1v) is 5.07. The Morgan fingerprint density at radius 2 is 2.08 bits per heavy atom. The molecule has 0 aromatic heterocycles. The minimum atomic E-state index is -0.137. The number of rotatable bonds is 7. The summed E-state index contributed by atoms with van der Waals surface area (Å²) in [6.07, 6.45) is 4.10. The second-order valence-electron chi connectivity index (χ2n) is 3.17. The molecule has 3 heteroatoms. The van der Waals surface area contributed by atoms with Crippen LogP contribution < -0.4 is 5.32 Å². The molecule has 0 saturated carbocycles. The van der Waals surface area contributed by atoms with E-state index in [0.717, 1.165) is 32.2 Å². The van der Waals surface area contributed by atoms with Gasteiger partial charge in [0.2, 0.25) is 0 Å². The lowest BCUT2D eigenvalue weighted by Gasteiger charge is -2.15. The maximum atomic E-state index is 11.2. The third-order valence-corrected chi connectivity index (χ3v) is 1.97. The molecule has 0 saturated heterocycles. The van der Waals surface area contributed by atoms with Crippen molar-refractivity contribution in [3.05, 3.63) is 0 Å². The fourth-order valence-corrected chi connectivity index (χ4v) is 1.17. The summed E-state index contributed by atoms with van der Waals surface area (Å²) in [6, 6.07) is -0.107. The number of ether oxygens (including phenoxy) is 1. The zero-order chi connectivity index (χ0) is 10.1. The van der Waals surface area contributed by atoms with E-state index >= 15 is 0 Å². The zero-order valence-electron chi connectivity index (χ0n) is 8.93. The van der Waals surface area contributed by atoms with Gasteiger partial charge in [-0.15, -0.1) is 0 Å². The molecule has 0 aromatic rings. The van der Waals surface area contributed by atoms with Gasteiger partial charge in [0.05, 0.1) is 7.11 Å². The second kappa shape index (κ2) is 8.05. The van der Waals surface area contributed by atoms with E-state index in [-0.39, 0.29) is 12.0 Å². The molecule has 3 nitrogen and oxygen atoms in total. The Hall–Kier alpha value is -0.570. The predicted molar refractivity (Wildman–Crippen MR) is 53.6 cm³/mol. The molecule has 0 fully saturated rings. The molecule has 0 rings (SSSR count). The van der Waals surface area contributed by atoms with E-state index in [1.807, 2.05) is 0 Å². The van der Waals surface area contributed by atoms with Crippen molar-refractivity contribution >= 4 is 5.97 Å². The van der Waals surface area contributed by atoms with E-state index in [4.69, 9.17) is 4.74 Å². The van der Waals surface area contributed by atoms with Gasteiger partial charge in [0, 0.05) is 0 Å². The van der Waals surface area contributed by atoms with Crippen molar-refractivity contribution in [1.82, 2.24) is 5.32 Å². The van der Waals surface area contributed by atoms with Crippen molar-refractivity contribution in [3.63, 3.8) is 0 Å². The van der Waals surface area contributed by atoms with Crippen molar-refractivity contribution in [1.29, 1.82) is 0 Å². The van der Waals surface area contributed by atoms with E-state index in [0.29, 0.717) is 0 Å². The molecule has 0 aliphatic heterocycles. The molecule has 1 atom stereocenters. The van der Waals surface area contributed by atoms with Gasteiger partial charge >= 0.3 is 5.97 Å². The quantitative estimate of drug-likeness (QED) is 0.617. The highest BCUT2D eigenvalue weighted by Gasteiger charge is 2.16. The van der Waals surface area contributed by atoms with Crippen LogP contribution in [0.3, 0.4) is 0 Å². The first-order chi connectivity index (χ1) is 6.26. The largest absolute Gasteiger partial charge is 0.468 e. The third kappa shape index (κ3) is 5.64. The van der Waals surface area contributed by atoms with E-state index in [9.17, 15) is 4.79 Å². The minimum Gasteiger partial charge on any atom is -0.468 e. The molecule has 0 aliphatic carbocycles. The summed E-state index contributed by atoms with van der Waals surface area (Å²) in [5, 5.41) is 3.18. The summed E-state index contributed by atoms with van der Waals surface area (Å²) in [5.41, 5.74) is 0. The predicted octanol–water partition coefficient (Wildman–Crippen LogP) is 1.72. The second-order valence-corrected chi connectivity index (χ2v) is 3.17. The van der Waals surface area contributed by atoms with E-state index in [2.05, 4.69) is 19.2 Å². The molecule has 0 bridgehead atoms. The van der Waals surface area contributed by atoms with Crippen LogP contribution in [0.4, 0.5) is 0 Å². The van der Waals surface area contributed by atoms with Gasteiger partial charge in [-0.05, 0) is 19.4 Å². The Bertz CT molecular complexity index is 129. The summed E-state index contributed by atoms with van der Waals surface area (Å²) < 4.78 is 4.71. The van der Waals surface area contributed by atoms with E-state index in [1.54, 1.807) is 0 Å². The SMILES string of the molecule is CCCCC(NCCC)C(=O)OC. The molecule has 0 amide bonds. The number of esters is 1. The number of unbranched alkanes of at least 4 members (excludes halogenated alkanes) is 1. The van der Waals surface area contributed by atoms with Crippen molar-refractivity contribution in [2.24, 2.45) is 0 Å². The normalized spacial score (nSPS) is 12.5. The maximum absolute atomic E-state index is 11.2. The van der Waals surface area contributed by atoms with Crippen molar-refractivity contribution in [2.45, 2.75) is 45.6 Å². The molecule has 1 unspecified atom stereocenters. The van der Waals surface area contributed by atoms with Crippen LogP contribution in [0.2, 0.25) is 0 Å². The highest BCUT2D eigenvalue weighted by Crippen LogP contribution is 2.02. The lowest BCUT2D eigenvalue weighted by Crippen LogP contribution is -2.37. The van der Waals surface area contributed by atoms with Crippen LogP contribution in [-0.4, -0.2) is 25.7 Å². The molecule has 0 spiro atoms. The Balaban J connectivity index is 3.79. The third-order valence-electron chi connectivity index (χ3n) is 1.97. The summed E-state index contributed by atoms with van der Waals surface area (Å²) in [7, 11) is 1.44. The van der Waals surface area contributed by atoms with E-state index < -0.39 is 0 Å². The van der Waals surface area contributed by atoms with Crippen LogP contribution in [0.5, 0.6) is 0 Å². The Morgan fingerprint density at radius 1 is 1.38 bits per heavy atom. The number of hydrogen-bond donors (Lipinski definition) is 1. The number of methoxy groups -OCH3 is 1. The summed E-state index contributed by atoms with van der Waals surface area (Å²) in [5.74, 6) is -0.137. The highest BCUT2D eigenvalue weighted by atomic mass is 16.5. The lowest BCUT2D eigenvalue weighted by molar-refractivity contribution is -0.143.